The minimum atomic E-state index is -0.263. The Morgan fingerprint density at radius 2 is 1.77 bits per heavy atom. The molecule has 2 aromatic carbocycles. The van der Waals surface area contributed by atoms with Crippen molar-refractivity contribution in [3.05, 3.63) is 93.4 Å². The molecule has 39 heavy (non-hydrogen) atoms. The van der Waals surface area contributed by atoms with E-state index in [4.69, 9.17) is 4.74 Å². The van der Waals surface area contributed by atoms with Gasteiger partial charge in [0.1, 0.15) is 23.9 Å². The van der Waals surface area contributed by atoms with Gasteiger partial charge in [-0.2, -0.15) is 5.10 Å². The highest BCUT2D eigenvalue weighted by Crippen LogP contribution is 2.35. The van der Waals surface area contributed by atoms with E-state index in [1.807, 2.05) is 62.4 Å². The summed E-state index contributed by atoms with van der Waals surface area (Å²) in [5, 5.41) is 7.65. The van der Waals surface area contributed by atoms with Gasteiger partial charge in [0.15, 0.2) is 0 Å². The van der Waals surface area contributed by atoms with Gasteiger partial charge in [-0.15, -0.1) is 0 Å². The number of benzene rings is 2. The smallest absolute Gasteiger partial charge is 0.290 e. The molecule has 0 radical (unpaired) electrons. The van der Waals surface area contributed by atoms with Crippen molar-refractivity contribution in [1.29, 1.82) is 0 Å². The van der Waals surface area contributed by atoms with Crippen molar-refractivity contribution >= 4 is 23.1 Å². The highest BCUT2D eigenvalue weighted by Gasteiger charge is 2.28. The minimum absolute atomic E-state index is 0.0512. The number of hydrogen-bond acceptors (Lipinski definition) is 6. The van der Waals surface area contributed by atoms with Crippen LogP contribution in [-0.2, 0) is 12.5 Å². The Morgan fingerprint density at radius 1 is 0.974 bits per heavy atom. The Balaban J connectivity index is 1.52. The van der Waals surface area contributed by atoms with Crippen LogP contribution in [0.15, 0.2) is 65.6 Å². The van der Waals surface area contributed by atoms with E-state index in [1.165, 1.54) is 4.68 Å². The van der Waals surface area contributed by atoms with Gasteiger partial charge in [0.05, 0.1) is 17.8 Å². The van der Waals surface area contributed by atoms with Crippen LogP contribution in [0.2, 0.25) is 0 Å². The van der Waals surface area contributed by atoms with E-state index in [9.17, 15) is 9.59 Å². The van der Waals surface area contributed by atoms with Crippen molar-refractivity contribution in [3.63, 3.8) is 0 Å². The van der Waals surface area contributed by atoms with Crippen molar-refractivity contribution in [1.82, 2.24) is 14.8 Å². The van der Waals surface area contributed by atoms with E-state index < -0.39 is 0 Å². The molecule has 1 aliphatic rings. The second-order valence-corrected chi connectivity index (χ2v) is 10.9. The highest BCUT2D eigenvalue weighted by atomic mass is 16.5. The first-order valence-electron chi connectivity index (χ1n) is 13.0. The van der Waals surface area contributed by atoms with E-state index in [0.717, 1.165) is 27.9 Å². The van der Waals surface area contributed by atoms with E-state index in [0.29, 0.717) is 41.7 Å². The fraction of sp³-hybridized carbons (Fsp3) is 0.290. The van der Waals surface area contributed by atoms with Gasteiger partial charge >= 0.3 is 0 Å². The standard InChI is InChI=1S/C31H33N5O3/c1-19-10-13-28(32-18-19)33-25-17-24(34-35(6)30(25)38)22-8-7-9-26(20(22)2)36-14-15-39-27-16-21(31(3,4)5)11-12-23(27)29(36)37/h7-13,16-18H,14-15H2,1-6H3,(H,32,33). The number of fused-ring (bicyclic) bond motifs is 1. The molecule has 0 atom stereocenters. The molecule has 8 nitrogen and oxygen atoms in total. The lowest BCUT2D eigenvalue weighted by atomic mass is 9.86. The Bertz CT molecular complexity index is 1620. The number of hydrogen-bond donors (Lipinski definition) is 1. The zero-order chi connectivity index (χ0) is 27.9. The van der Waals surface area contributed by atoms with Gasteiger partial charge in [-0.1, -0.05) is 45.0 Å². The second kappa shape index (κ2) is 10.0. The number of amides is 1. The largest absolute Gasteiger partial charge is 0.491 e. The third-order valence-electron chi connectivity index (χ3n) is 7.00. The molecule has 200 valence electrons. The first-order chi connectivity index (χ1) is 18.5. The maximum atomic E-state index is 13.7. The zero-order valence-corrected chi connectivity index (χ0v) is 23.2. The fourth-order valence-electron chi connectivity index (χ4n) is 4.71. The number of pyridine rings is 1. The van der Waals surface area contributed by atoms with E-state index in [1.54, 1.807) is 24.2 Å². The summed E-state index contributed by atoms with van der Waals surface area (Å²) in [5.41, 5.74) is 5.84. The van der Waals surface area contributed by atoms with E-state index in [2.05, 4.69) is 36.2 Å². The van der Waals surface area contributed by atoms with Gasteiger partial charge in [0.25, 0.3) is 11.5 Å². The quantitative estimate of drug-likeness (QED) is 0.378. The van der Waals surface area contributed by atoms with Gasteiger partial charge in [-0.05, 0) is 66.3 Å². The number of nitrogens with zero attached hydrogens (tertiary/aromatic N) is 4. The molecule has 3 heterocycles. The lowest BCUT2D eigenvalue weighted by Crippen LogP contribution is -2.33. The molecule has 0 aliphatic carbocycles. The van der Waals surface area contributed by atoms with Crippen LogP contribution >= 0.6 is 0 Å². The third kappa shape index (κ3) is 5.14. The molecular weight excluding hydrogens is 490 g/mol. The second-order valence-electron chi connectivity index (χ2n) is 10.9. The van der Waals surface area contributed by atoms with Gasteiger partial charge in [0, 0.05) is 24.5 Å². The van der Waals surface area contributed by atoms with Crippen LogP contribution in [0, 0.1) is 13.8 Å². The van der Waals surface area contributed by atoms with E-state index in [-0.39, 0.29) is 16.9 Å². The van der Waals surface area contributed by atoms with Gasteiger partial charge < -0.3 is 15.0 Å². The van der Waals surface area contributed by atoms with Crippen molar-refractivity contribution in [3.8, 4) is 17.0 Å². The van der Waals surface area contributed by atoms with E-state index >= 15 is 0 Å². The summed E-state index contributed by atoms with van der Waals surface area (Å²) >= 11 is 0. The fourth-order valence-corrected chi connectivity index (χ4v) is 4.71. The summed E-state index contributed by atoms with van der Waals surface area (Å²) in [5.74, 6) is 1.08. The summed E-state index contributed by atoms with van der Waals surface area (Å²) < 4.78 is 7.35. The first-order valence-corrected chi connectivity index (χ1v) is 13.0. The summed E-state index contributed by atoms with van der Waals surface area (Å²) in [4.78, 5) is 32.7. The molecule has 1 amide bonds. The Morgan fingerprint density at radius 3 is 2.49 bits per heavy atom. The topological polar surface area (TPSA) is 89.4 Å². The van der Waals surface area contributed by atoms with Crippen LogP contribution in [-0.4, -0.2) is 33.8 Å². The monoisotopic (exact) mass is 523 g/mol. The molecule has 1 aliphatic heterocycles. The van der Waals surface area contributed by atoms with Gasteiger partial charge in [-0.25, -0.2) is 9.67 Å². The summed E-state index contributed by atoms with van der Waals surface area (Å²) in [7, 11) is 1.62. The molecule has 0 spiro atoms. The number of nitrogens with one attached hydrogen (secondary N) is 1. The molecule has 4 aromatic rings. The SMILES string of the molecule is Cc1ccc(Nc2cc(-c3cccc(N4CCOc5cc(C(C)(C)C)ccc5C4=O)c3C)nn(C)c2=O)nc1. The van der Waals surface area contributed by atoms with Crippen molar-refractivity contribution in [2.75, 3.05) is 23.4 Å². The molecule has 5 rings (SSSR count). The van der Waals surface area contributed by atoms with Gasteiger partial charge in [0.2, 0.25) is 0 Å². The van der Waals surface area contributed by atoms with Crippen LogP contribution in [0.3, 0.4) is 0 Å². The summed E-state index contributed by atoms with van der Waals surface area (Å²) in [6.07, 6.45) is 1.74. The van der Waals surface area contributed by atoms with Crippen LogP contribution in [0.4, 0.5) is 17.2 Å². The maximum absolute atomic E-state index is 13.7. The molecule has 0 fully saturated rings. The molecule has 8 heteroatoms. The normalized spacial score (nSPS) is 13.5. The maximum Gasteiger partial charge on any atom is 0.290 e. The lowest BCUT2D eigenvalue weighted by molar-refractivity contribution is 0.0989. The van der Waals surface area contributed by atoms with Crippen molar-refractivity contribution in [2.45, 2.75) is 40.0 Å². The molecule has 2 aromatic heterocycles. The molecule has 0 unspecified atom stereocenters. The zero-order valence-electron chi connectivity index (χ0n) is 23.2. The van der Waals surface area contributed by atoms with Gasteiger partial charge in [-0.3, -0.25) is 9.59 Å². The first kappa shape index (κ1) is 26.2. The minimum Gasteiger partial charge on any atom is -0.491 e. The van der Waals surface area contributed by atoms with Crippen LogP contribution in [0.25, 0.3) is 11.3 Å². The van der Waals surface area contributed by atoms with Crippen LogP contribution in [0.5, 0.6) is 5.75 Å². The average molecular weight is 524 g/mol. The molecule has 1 N–H and O–H groups in total. The predicted octanol–water partition coefficient (Wildman–Crippen LogP) is 5.54. The Labute approximate surface area is 228 Å². The van der Waals surface area contributed by atoms with Crippen LogP contribution in [0.1, 0.15) is 47.8 Å². The number of anilines is 3. The summed E-state index contributed by atoms with van der Waals surface area (Å²) in [6, 6.07) is 17.1. The lowest BCUT2D eigenvalue weighted by Gasteiger charge is -2.24. The van der Waals surface area contributed by atoms with Crippen LogP contribution < -0.4 is 20.5 Å². The molecule has 0 saturated carbocycles. The predicted molar refractivity (Wildman–Crippen MR) is 154 cm³/mol. The number of carbonyl (C=O) groups is 1. The number of carbonyl (C=O) groups excluding carboxylic acids is 1. The molecular formula is C31H33N5O3. The average Bonchev–Trinajstić information content (AvgIpc) is 3.06. The molecule has 0 bridgehead atoms. The third-order valence-corrected chi connectivity index (χ3v) is 7.00. The number of aromatic nitrogens is 3. The number of ether oxygens (including phenoxy) is 1. The summed E-state index contributed by atoms with van der Waals surface area (Å²) in [6.45, 7) is 11.1. The number of aryl methyl sites for hydroxylation is 2. The molecule has 0 saturated heterocycles. The number of rotatable bonds is 4. The van der Waals surface area contributed by atoms with Crippen molar-refractivity contribution in [2.24, 2.45) is 7.05 Å². The Hall–Kier alpha value is -4.46. The Kier molecular flexibility index (Phi) is 6.72. The van der Waals surface area contributed by atoms with Crippen molar-refractivity contribution < 1.29 is 9.53 Å². The highest BCUT2D eigenvalue weighted by molar-refractivity contribution is 6.09.